The number of ether oxygens (including phenoxy) is 1. The van der Waals surface area contributed by atoms with E-state index in [1.165, 1.54) is 0 Å². The third-order valence-electron chi connectivity index (χ3n) is 2.99. The predicted molar refractivity (Wildman–Crippen MR) is 85.4 cm³/mol. The summed E-state index contributed by atoms with van der Waals surface area (Å²) in [5, 5.41) is 10.8. The summed E-state index contributed by atoms with van der Waals surface area (Å²) in [7, 11) is 0. The Bertz CT molecular complexity index is 522. The van der Waals surface area contributed by atoms with Gasteiger partial charge in [-0.15, -0.1) is 0 Å². The zero-order chi connectivity index (χ0) is 14.5. The quantitative estimate of drug-likeness (QED) is 0.857. The van der Waals surface area contributed by atoms with Crippen molar-refractivity contribution in [2.75, 3.05) is 0 Å². The van der Waals surface area contributed by atoms with Gasteiger partial charge in [0.1, 0.15) is 11.9 Å². The van der Waals surface area contributed by atoms with E-state index in [9.17, 15) is 5.11 Å². The van der Waals surface area contributed by atoms with Crippen molar-refractivity contribution < 1.29 is 9.84 Å². The summed E-state index contributed by atoms with van der Waals surface area (Å²) in [6.07, 6.45) is -0.350. The number of hydrogen-bond donors (Lipinski definition) is 1. The van der Waals surface area contributed by atoms with Crippen LogP contribution in [0.2, 0.25) is 5.02 Å². The Morgan fingerprint density at radius 3 is 2.65 bits per heavy atom. The Morgan fingerprint density at radius 2 is 1.95 bits per heavy atom. The zero-order valence-corrected chi connectivity index (χ0v) is 13.4. The first kappa shape index (κ1) is 15.4. The minimum absolute atomic E-state index is 0.313. The molecule has 0 saturated carbocycles. The maximum absolute atomic E-state index is 10.2. The lowest BCUT2D eigenvalue weighted by Crippen LogP contribution is -2.30. The minimum atomic E-state index is -0.580. The molecule has 0 aliphatic carbocycles. The molecule has 106 valence electrons. The molecule has 0 heterocycles. The molecule has 2 unspecified atom stereocenters. The molecule has 20 heavy (non-hydrogen) atoms. The smallest absolute Gasteiger partial charge is 0.122 e. The summed E-state index contributed by atoms with van der Waals surface area (Å²) in [5.74, 6) is 0.665. The SMILES string of the molecule is CC(Oc1cccc(Cl)c1)C(O)Cc1cccc(Br)c1. The molecule has 4 heteroatoms. The van der Waals surface area contributed by atoms with Gasteiger partial charge in [0.25, 0.3) is 0 Å². The van der Waals surface area contributed by atoms with Crippen LogP contribution in [0.3, 0.4) is 0 Å². The fourth-order valence-electron chi connectivity index (χ4n) is 1.90. The van der Waals surface area contributed by atoms with E-state index in [2.05, 4.69) is 15.9 Å². The highest BCUT2D eigenvalue weighted by Gasteiger charge is 2.16. The molecule has 0 fully saturated rings. The van der Waals surface area contributed by atoms with E-state index in [1.807, 2.05) is 43.3 Å². The average Bonchev–Trinajstić information content (AvgIpc) is 2.38. The van der Waals surface area contributed by atoms with E-state index >= 15 is 0 Å². The Kier molecular flexibility index (Phi) is 5.46. The zero-order valence-electron chi connectivity index (χ0n) is 11.1. The first-order valence-electron chi connectivity index (χ1n) is 6.39. The third kappa shape index (κ3) is 4.51. The summed E-state index contributed by atoms with van der Waals surface area (Å²) < 4.78 is 6.72. The van der Waals surface area contributed by atoms with Crippen molar-refractivity contribution in [1.82, 2.24) is 0 Å². The molecule has 1 N–H and O–H groups in total. The van der Waals surface area contributed by atoms with Crippen molar-refractivity contribution in [3.05, 3.63) is 63.6 Å². The molecule has 2 aromatic carbocycles. The summed E-state index contributed by atoms with van der Waals surface area (Å²) in [6, 6.07) is 15.1. The first-order valence-corrected chi connectivity index (χ1v) is 7.56. The minimum Gasteiger partial charge on any atom is -0.488 e. The van der Waals surface area contributed by atoms with Crippen LogP contribution in [0, 0.1) is 0 Å². The predicted octanol–water partition coefficient (Wildman–Crippen LogP) is 4.47. The van der Waals surface area contributed by atoms with Crippen LogP contribution in [0.1, 0.15) is 12.5 Å². The van der Waals surface area contributed by atoms with E-state index in [0.29, 0.717) is 17.2 Å². The molecule has 0 aliphatic heterocycles. The average molecular weight is 356 g/mol. The van der Waals surface area contributed by atoms with Gasteiger partial charge in [-0.1, -0.05) is 45.7 Å². The molecule has 2 aromatic rings. The van der Waals surface area contributed by atoms with Gasteiger partial charge in [-0.05, 0) is 42.8 Å². The van der Waals surface area contributed by atoms with E-state index < -0.39 is 6.10 Å². The highest BCUT2D eigenvalue weighted by Crippen LogP contribution is 2.20. The first-order chi connectivity index (χ1) is 9.54. The van der Waals surface area contributed by atoms with Crippen molar-refractivity contribution in [3.8, 4) is 5.75 Å². The van der Waals surface area contributed by atoms with Crippen LogP contribution in [0.15, 0.2) is 53.0 Å². The Balaban J connectivity index is 1.96. The molecule has 2 atom stereocenters. The normalized spacial score (nSPS) is 13.8. The third-order valence-corrected chi connectivity index (χ3v) is 3.72. The number of aliphatic hydroxyl groups excluding tert-OH is 1. The van der Waals surface area contributed by atoms with Gasteiger partial charge >= 0.3 is 0 Å². The lowest BCUT2D eigenvalue weighted by Gasteiger charge is -2.21. The van der Waals surface area contributed by atoms with Crippen molar-refractivity contribution >= 4 is 27.5 Å². The van der Waals surface area contributed by atoms with Crippen LogP contribution < -0.4 is 4.74 Å². The molecule has 0 aromatic heterocycles. The van der Waals surface area contributed by atoms with Gasteiger partial charge in [0, 0.05) is 15.9 Å². The van der Waals surface area contributed by atoms with Crippen LogP contribution >= 0.6 is 27.5 Å². The number of aliphatic hydroxyl groups is 1. The molecule has 0 spiro atoms. The molecular weight excluding hydrogens is 340 g/mol. The Morgan fingerprint density at radius 1 is 1.20 bits per heavy atom. The lowest BCUT2D eigenvalue weighted by molar-refractivity contribution is 0.0479. The Labute approximate surface area is 132 Å². The summed E-state index contributed by atoms with van der Waals surface area (Å²) in [5.41, 5.74) is 1.06. The van der Waals surface area contributed by atoms with Gasteiger partial charge in [-0.25, -0.2) is 0 Å². The fraction of sp³-hybridized carbons (Fsp3) is 0.250. The van der Waals surface area contributed by atoms with Gasteiger partial charge in [-0.3, -0.25) is 0 Å². The second kappa shape index (κ2) is 7.11. The van der Waals surface area contributed by atoms with E-state index in [-0.39, 0.29) is 6.10 Å². The second-order valence-corrected chi connectivity index (χ2v) is 6.03. The van der Waals surface area contributed by atoms with Gasteiger partial charge in [-0.2, -0.15) is 0 Å². The molecule has 2 nitrogen and oxygen atoms in total. The van der Waals surface area contributed by atoms with E-state index in [4.69, 9.17) is 16.3 Å². The summed E-state index contributed by atoms with van der Waals surface area (Å²) in [4.78, 5) is 0. The number of halogens is 2. The fourth-order valence-corrected chi connectivity index (χ4v) is 2.53. The standard InChI is InChI=1S/C16H16BrClO2/c1-11(20-15-7-3-6-14(18)10-15)16(19)9-12-4-2-5-13(17)8-12/h2-8,10-11,16,19H,9H2,1H3. The molecule has 0 bridgehead atoms. The molecule has 0 aliphatic rings. The topological polar surface area (TPSA) is 29.5 Å². The van der Waals surface area contributed by atoms with Crippen molar-refractivity contribution in [1.29, 1.82) is 0 Å². The van der Waals surface area contributed by atoms with E-state index in [0.717, 1.165) is 10.0 Å². The molecule has 0 radical (unpaired) electrons. The van der Waals surface area contributed by atoms with E-state index in [1.54, 1.807) is 12.1 Å². The maximum Gasteiger partial charge on any atom is 0.122 e. The number of rotatable bonds is 5. The van der Waals surface area contributed by atoms with Gasteiger partial charge < -0.3 is 9.84 Å². The van der Waals surface area contributed by atoms with Crippen LogP contribution in [-0.2, 0) is 6.42 Å². The Hall–Kier alpha value is -1.03. The molecular formula is C16H16BrClO2. The number of hydrogen-bond acceptors (Lipinski definition) is 2. The molecule has 2 rings (SSSR count). The van der Waals surface area contributed by atoms with Crippen LogP contribution in [0.4, 0.5) is 0 Å². The van der Waals surface area contributed by atoms with Crippen molar-refractivity contribution in [2.45, 2.75) is 25.6 Å². The largest absolute Gasteiger partial charge is 0.488 e. The molecule has 0 amide bonds. The molecule has 0 saturated heterocycles. The highest BCUT2D eigenvalue weighted by atomic mass is 79.9. The maximum atomic E-state index is 10.2. The summed E-state index contributed by atoms with van der Waals surface area (Å²) in [6.45, 7) is 1.85. The van der Waals surface area contributed by atoms with Gasteiger partial charge in [0.15, 0.2) is 0 Å². The summed E-state index contributed by atoms with van der Waals surface area (Å²) >= 11 is 9.33. The van der Waals surface area contributed by atoms with Gasteiger partial charge in [0.2, 0.25) is 0 Å². The van der Waals surface area contributed by atoms with Crippen LogP contribution in [0.5, 0.6) is 5.75 Å². The van der Waals surface area contributed by atoms with Gasteiger partial charge in [0.05, 0.1) is 6.10 Å². The number of benzene rings is 2. The van der Waals surface area contributed by atoms with Crippen LogP contribution in [0.25, 0.3) is 0 Å². The highest BCUT2D eigenvalue weighted by molar-refractivity contribution is 9.10. The van der Waals surface area contributed by atoms with Crippen molar-refractivity contribution in [3.63, 3.8) is 0 Å². The lowest BCUT2D eigenvalue weighted by atomic mass is 10.0. The van der Waals surface area contributed by atoms with Crippen LogP contribution in [-0.4, -0.2) is 17.3 Å². The van der Waals surface area contributed by atoms with Crippen molar-refractivity contribution in [2.24, 2.45) is 0 Å². The second-order valence-electron chi connectivity index (χ2n) is 4.68. The monoisotopic (exact) mass is 354 g/mol.